The lowest BCUT2D eigenvalue weighted by atomic mass is 10.1. The Morgan fingerprint density at radius 2 is 1.88 bits per heavy atom. The van der Waals surface area contributed by atoms with Gasteiger partial charge in [0.25, 0.3) is 0 Å². The topological polar surface area (TPSA) is 86.1 Å². The molecule has 0 radical (unpaired) electrons. The number of rotatable bonds is 11. The van der Waals surface area contributed by atoms with Gasteiger partial charge in [0, 0.05) is 29.2 Å². The molecular weight excluding hydrogens is 483 g/mol. The van der Waals surface area contributed by atoms with E-state index in [0.29, 0.717) is 51.8 Å². The number of nitrogens with one attached hydrogen (secondary N) is 1. The van der Waals surface area contributed by atoms with Crippen LogP contribution in [-0.4, -0.2) is 38.8 Å². The van der Waals surface area contributed by atoms with Crippen molar-refractivity contribution in [2.75, 3.05) is 17.7 Å². The van der Waals surface area contributed by atoms with Crippen LogP contribution < -0.4 is 10.1 Å². The normalized spacial score (nSPS) is 10.8. The Hall–Kier alpha value is -2.55. The summed E-state index contributed by atoms with van der Waals surface area (Å²) in [6, 6.07) is 11.9. The third kappa shape index (κ3) is 7.22. The van der Waals surface area contributed by atoms with Gasteiger partial charge in [-0.2, -0.15) is 0 Å². The molecule has 174 valence electrons. The molecule has 3 aromatic rings. The molecule has 0 aliphatic rings. The number of halogens is 2. The number of hydrogen-bond acceptors (Lipinski definition) is 6. The summed E-state index contributed by atoms with van der Waals surface area (Å²) in [5, 5.41) is 13.1. The van der Waals surface area contributed by atoms with Gasteiger partial charge >= 0.3 is 0 Å². The maximum atomic E-state index is 12.3. The summed E-state index contributed by atoms with van der Waals surface area (Å²) in [6.07, 6.45) is 1.42. The van der Waals surface area contributed by atoms with Gasteiger partial charge in [-0.05, 0) is 62.7 Å². The first kappa shape index (κ1) is 25.1. The van der Waals surface area contributed by atoms with Crippen LogP contribution in [0.5, 0.6) is 5.75 Å². The Kier molecular flexibility index (Phi) is 9.17. The first-order valence-corrected chi connectivity index (χ1v) is 12.1. The van der Waals surface area contributed by atoms with Crippen LogP contribution in [0.4, 0.5) is 5.69 Å². The summed E-state index contributed by atoms with van der Waals surface area (Å²) in [4.78, 5) is 23.7. The number of amides is 1. The number of hydrogen-bond donors (Lipinski definition) is 1. The van der Waals surface area contributed by atoms with Gasteiger partial charge in [-0.25, -0.2) is 0 Å². The molecule has 7 nitrogen and oxygen atoms in total. The molecule has 0 saturated heterocycles. The average molecular weight is 507 g/mol. The highest BCUT2D eigenvalue weighted by Crippen LogP contribution is 2.27. The van der Waals surface area contributed by atoms with Gasteiger partial charge in [0.2, 0.25) is 5.91 Å². The molecule has 2 aromatic carbocycles. The van der Waals surface area contributed by atoms with Crippen LogP contribution in [0.25, 0.3) is 0 Å². The highest BCUT2D eigenvalue weighted by Gasteiger charge is 2.13. The molecule has 1 N–H and O–H groups in total. The molecule has 1 amide bonds. The number of ether oxygens (including phenoxy) is 1. The number of benzene rings is 2. The number of anilines is 1. The van der Waals surface area contributed by atoms with E-state index >= 15 is 0 Å². The second-order valence-corrected chi connectivity index (χ2v) is 8.93. The second-order valence-electron chi connectivity index (χ2n) is 7.14. The fourth-order valence-corrected chi connectivity index (χ4v) is 4.33. The smallest absolute Gasteiger partial charge is 0.234 e. The van der Waals surface area contributed by atoms with Crippen molar-refractivity contribution in [3.8, 4) is 5.75 Å². The maximum Gasteiger partial charge on any atom is 0.234 e. The molecule has 0 unspecified atom stereocenters. The standard InChI is InChI=1S/C23H24Cl2N4O3S/c1-3-29-21(5-4-12-32-20-11-8-17(24)13-19(20)25)27-28-23(29)33-14-22(31)26-18-9-6-16(7-10-18)15(2)30/h6-11,13H,3-5,12,14H2,1-2H3,(H,26,31). The maximum absolute atomic E-state index is 12.3. The first-order chi connectivity index (χ1) is 15.9. The van der Waals surface area contributed by atoms with E-state index in [0.717, 1.165) is 12.2 Å². The van der Waals surface area contributed by atoms with Gasteiger partial charge in [0.15, 0.2) is 10.9 Å². The van der Waals surface area contributed by atoms with Crippen molar-refractivity contribution in [1.82, 2.24) is 14.8 Å². The van der Waals surface area contributed by atoms with E-state index in [9.17, 15) is 9.59 Å². The SMILES string of the molecule is CCn1c(CCCOc2ccc(Cl)cc2Cl)nnc1SCC(=O)Nc1ccc(C(C)=O)cc1. The summed E-state index contributed by atoms with van der Waals surface area (Å²) < 4.78 is 7.72. The zero-order chi connectivity index (χ0) is 23.8. The molecule has 1 heterocycles. The molecule has 0 atom stereocenters. The molecule has 0 spiro atoms. The molecule has 0 aliphatic carbocycles. The number of aryl methyl sites for hydroxylation is 1. The zero-order valence-electron chi connectivity index (χ0n) is 18.3. The van der Waals surface area contributed by atoms with Crippen molar-refractivity contribution in [1.29, 1.82) is 0 Å². The Balaban J connectivity index is 1.48. The third-order valence-corrected chi connectivity index (χ3v) is 6.21. The predicted molar refractivity (Wildman–Crippen MR) is 132 cm³/mol. The van der Waals surface area contributed by atoms with Crippen LogP contribution in [0.1, 0.15) is 36.5 Å². The largest absolute Gasteiger partial charge is 0.492 e. The molecule has 0 saturated carbocycles. The molecule has 1 aromatic heterocycles. The van der Waals surface area contributed by atoms with Crippen molar-refractivity contribution in [2.45, 2.75) is 38.4 Å². The molecule has 0 aliphatic heterocycles. The third-order valence-electron chi connectivity index (χ3n) is 4.71. The monoisotopic (exact) mass is 506 g/mol. The van der Waals surface area contributed by atoms with Gasteiger partial charge in [0.1, 0.15) is 11.6 Å². The highest BCUT2D eigenvalue weighted by molar-refractivity contribution is 7.99. The van der Waals surface area contributed by atoms with Gasteiger partial charge in [-0.1, -0.05) is 35.0 Å². The fourth-order valence-electron chi connectivity index (χ4n) is 3.05. The Labute approximate surface area is 206 Å². The molecule has 33 heavy (non-hydrogen) atoms. The van der Waals surface area contributed by atoms with Crippen LogP contribution in [-0.2, 0) is 17.8 Å². The van der Waals surface area contributed by atoms with E-state index in [1.165, 1.54) is 18.7 Å². The number of thioether (sulfide) groups is 1. The summed E-state index contributed by atoms with van der Waals surface area (Å²) >= 11 is 13.4. The number of ketones is 1. The van der Waals surface area contributed by atoms with Gasteiger partial charge in [-0.15, -0.1) is 10.2 Å². The second kappa shape index (κ2) is 12.1. The van der Waals surface area contributed by atoms with Crippen LogP contribution in [0.2, 0.25) is 10.0 Å². The van der Waals surface area contributed by atoms with Crippen molar-refractivity contribution >= 4 is 52.3 Å². The lowest BCUT2D eigenvalue weighted by Crippen LogP contribution is -2.15. The van der Waals surface area contributed by atoms with E-state index in [2.05, 4.69) is 15.5 Å². The molecule has 0 bridgehead atoms. The Bertz CT molecular complexity index is 1120. The first-order valence-electron chi connectivity index (χ1n) is 10.4. The minimum atomic E-state index is -0.156. The lowest BCUT2D eigenvalue weighted by Gasteiger charge is -2.09. The number of nitrogens with zero attached hydrogens (tertiary/aromatic N) is 3. The Morgan fingerprint density at radius 1 is 1.12 bits per heavy atom. The van der Waals surface area contributed by atoms with Crippen molar-refractivity contribution < 1.29 is 14.3 Å². The highest BCUT2D eigenvalue weighted by atomic mass is 35.5. The van der Waals surface area contributed by atoms with Gasteiger partial charge in [-0.3, -0.25) is 9.59 Å². The summed E-state index contributed by atoms with van der Waals surface area (Å²) in [5.74, 6) is 1.46. The van der Waals surface area contributed by atoms with E-state index in [4.69, 9.17) is 27.9 Å². The van der Waals surface area contributed by atoms with E-state index in [1.807, 2.05) is 11.5 Å². The minimum Gasteiger partial charge on any atom is -0.492 e. The molecule has 3 rings (SSSR count). The summed E-state index contributed by atoms with van der Waals surface area (Å²) in [5.41, 5.74) is 1.25. The van der Waals surface area contributed by atoms with Crippen LogP contribution in [0.15, 0.2) is 47.6 Å². The van der Waals surface area contributed by atoms with E-state index < -0.39 is 0 Å². The lowest BCUT2D eigenvalue weighted by molar-refractivity contribution is -0.113. The summed E-state index contributed by atoms with van der Waals surface area (Å²) in [6.45, 7) is 4.69. The fraction of sp³-hybridized carbons (Fsp3) is 0.304. The molecule has 0 fully saturated rings. The number of Topliss-reactive ketones (excluding diaryl/α,β-unsaturated/α-hetero) is 1. The Morgan fingerprint density at radius 3 is 2.55 bits per heavy atom. The molecular formula is C23H24Cl2N4O3S. The van der Waals surface area contributed by atoms with Gasteiger partial charge < -0.3 is 14.6 Å². The number of carbonyl (C=O) groups is 2. The zero-order valence-corrected chi connectivity index (χ0v) is 20.6. The van der Waals surface area contributed by atoms with E-state index in [-0.39, 0.29) is 17.4 Å². The number of carbonyl (C=O) groups excluding carboxylic acids is 2. The minimum absolute atomic E-state index is 0.0153. The van der Waals surface area contributed by atoms with Crippen molar-refractivity contribution in [3.63, 3.8) is 0 Å². The quantitative estimate of drug-likeness (QED) is 0.208. The molecule has 10 heteroatoms. The van der Waals surface area contributed by atoms with E-state index in [1.54, 1.807) is 42.5 Å². The van der Waals surface area contributed by atoms with Crippen molar-refractivity contribution in [2.24, 2.45) is 0 Å². The van der Waals surface area contributed by atoms with Crippen molar-refractivity contribution in [3.05, 3.63) is 63.9 Å². The van der Waals surface area contributed by atoms with Crippen LogP contribution in [0, 0.1) is 0 Å². The predicted octanol–water partition coefficient (Wildman–Crippen LogP) is 5.55. The average Bonchev–Trinajstić information content (AvgIpc) is 3.18. The van der Waals surface area contributed by atoms with Gasteiger partial charge in [0.05, 0.1) is 17.4 Å². The number of aromatic nitrogens is 3. The van der Waals surface area contributed by atoms with Crippen LogP contribution >= 0.6 is 35.0 Å². The summed E-state index contributed by atoms with van der Waals surface area (Å²) in [7, 11) is 0. The van der Waals surface area contributed by atoms with Crippen LogP contribution in [0.3, 0.4) is 0 Å².